The number of hydrogen-bond acceptors (Lipinski definition) is 5. The second kappa shape index (κ2) is 8.68. The largest absolute Gasteiger partial charge is 0.493 e. The predicted octanol–water partition coefficient (Wildman–Crippen LogP) is 3.88. The number of amides is 1. The minimum atomic E-state index is -4.52. The van der Waals surface area contributed by atoms with Crippen LogP contribution in [0, 0.1) is 0 Å². The first-order chi connectivity index (χ1) is 14.3. The van der Waals surface area contributed by atoms with Gasteiger partial charge in [-0.1, -0.05) is 18.2 Å². The number of nitrogens with one attached hydrogen (secondary N) is 2. The molecule has 0 aliphatic rings. The first kappa shape index (κ1) is 20.9. The monoisotopic (exact) mass is 418 g/mol. The van der Waals surface area contributed by atoms with E-state index in [4.69, 9.17) is 9.47 Å². The third kappa shape index (κ3) is 4.59. The van der Waals surface area contributed by atoms with E-state index in [0.717, 1.165) is 12.3 Å². The van der Waals surface area contributed by atoms with Gasteiger partial charge >= 0.3 is 6.18 Å². The Morgan fingerprint density at radius 3 is 2.53 bits per heavy atom. The quantitative estimate of drug-likeness (QED) is 0.470. The molecule has 0 fully saturated rings. The van der Waals surface area contributed by atoms with E-state index in [-0.39, 0.29) is 11.3 Å². The third-order valence-electron chi connectivity index (χ3n) is 4.14. The number of aromatic nitrogens is 2. The number of carbonyl (C=O) groups excluding carboxylic acids is 1. The highest BCUT2D eigenvalue weighted by molar-refractivity contribution is 5.94. The lowest BCUT2D eigenvalue weighted by Crippen LogP contribution is -2.18. The Kier molecular flexibility index (Phi) is 6.05. The van der Waals surface area contributed by atoms with Crippen LogP contribution in [0.15, 0.2) is 53.6 Å². The van der Waals surface area contributed by atoms with Gasteiger partial charge in [0.25, 0.3) is 5.91 Å². The second-order valence-corrected chi connectivity index (χ2v) is 6.02. The molecule has 2 aromatic carbocycles. The normalized spacial score (nSPS) is 11.5. The molecule has 156 valence electrons. The molecule has 1 aromatic heterocycles. The van der Waals surface area contributed by atoms with E-state index in [0.29, 0.717) is 22.8 Å². The van der Waals surface area contributed by atoms with E-state index >= 15 is 0 Å². The number of methoxy groups -OCH3 is 2. The smallest absolute Gasteiger partial charge is 0.417 e. The van der Waals surface area contributed by atoms with E-state index in [1.807, 2.05) is 0 Å². The van der Waals surface area contributed by atoms with Crippen molar-refractivity contribution in [2.45, 2.75) is 6.18 Å². The Morgan fingerprint density at radius 2 is 1.83 bits per heavy atom. The number of hydrazone groups is 1. The number of carbonyl (C=O) groups is 1. The van der Waals surface area contributed by atoms with Gasteiger partial charge in [-0.05, 0) is 30.3 Å². The Morgan fingerprint density at radius 1 is 1.10 bits per heavy atom. The van der Waals surface area contributed by atoms with E-state index in [9.17, 15) is 18.0 Å². The molecule has 2 N–H and O–H groups in total. The summed E-state index contributed by atoms with van der Waals surface area (Å²) in [5.41, 5.74) is 2.39. The van der Waals surface area contributed by atoms with Gasteiger partial charge in [0.1, 0.15) is 5.69 Å². The van der Waals surface area contributed by atoms with Crippen LogP contribution in [0.25, 0.3) is 11.3 Å². The van der Waals surface area contributed by atoms with E-state index in [2.05, 4.69) is 20.7 Å². The summed E-state index contributed by atoms with van der Waals surface area (Å²) in [5, 5.41) is 10.2. The molecule has 0 unspecified atom stereocenters. The maximum absolute atomic E-state index is 13.0. The predicted molar refractivity (Wildman–Crippen MR) is 104 cm³/mol. The fourth-order valence-corrected chi connectivity index (χ4v) is 2.67. The van der Waals surface area contributed by atoms with Gasteiger partial charge in [-0.25, -0.2) is 5.43 Å². The highest BCUT2D eigenvalue weighted by Crippen LogP contribution is 2.32. The molecule has 0 radical (unpaired) electrons. The van der Waals surface area contributed by atoms with Crippen molar-refractivity contribution in [3.63, 3.8) is 0 Å². The first-order valence-electron chi connectivity index (χ1n) is 8.61. The molecule has 0 saturated heterocycles. The number of hydrogen-bond donors (Lipinski definition) is 2. The van der Waals surface area contributed by atoms with Gasteiger partial charge in [-0.3, -0.25) is 9.89 Å². The highest BCUT2D eigenvalue weighted by atomic mass is 19.4. The van der Waals surface area contributed by atoms with Crippen LogP contribution in [-0.4, -0.2) is 36.5 Å². The summed E-state index contributed by atoms with van der Waals surface area (Å²) in [7, 11) is 3.02. The SMILES string of the molecule is COc1ccc(-c2cc(C(=O)NN=Cc3ccccc3C(F)(F)F)[nH]n2)cc1OC. The van der Waals surface area contributed by atoms with Crippen molar-refractivity contribution in [3.8, 4) is 22.8 Å². The molecular formula is C20H17F3N4O3. The summed E-state index contributed by atoms with van der Waals surface area (Å²) in [6.07, 6.45) is -3.59. The Bertz CT molecular complexity index is 1080. The van der Waals surface area contributed by atoms with Crippen LogP contribution < -0.4 is 14.9 Å². The number of nitrogens with zero attached hydrogens (tertiary/aromatic N) is 2. The van der Waals surface area contributed by atoms with Gasteiger partial charge in [0.05, 0.1) is 31.7 Å². The lowest BCUT2D eigenvalue weighted by molar-refractivity contribution is -0.137. The van der Waals surface area contributed by atoms with Crippen molar-refractivity contribution in [2.75, 3.05) is 14.2 Å². The van der Waals surface area contributed by atoms with Gasteiger partial charge in [-0.15, -0.1) is 0 Å². The lowest BCUT2D eigenvalue weighted by Gasteiger charge is -2.09. The van der Waals surface area contributed by atoms with Gasteiger partial charge < -0.3 is 9.47 Å². The number of rotatable bonds is 6. The molecule has 0 atom stereocenters. The number of aromatic amines is 1. The van der Waals surface area contributed by atoms with Crippen LogP contribution in [0.3, 0.4) is 0 Å². The molecule has 10 heteroatoms. The van der Waals surface area contributed by atoms with Crippen molar-refractivity contribution >= 4 is 12.1 Å². The van der Waals surface area contributed by atoms with Crippen LogP contribution in [0.1, 0.15) is 21.6 Å². The molecule has 3 aromatic rings. The standard InChI is InChI=1S/C20H17F3N4O3/c1-29-17-8-7-12(9-18(17)30-2)15-10-16(26-25-15)19(28)27-24-11-13-5-3-4-6-14(13)20(21,22)23/h3-11H,1-2H3,(H,25,26)(H,27,28). The fourth-order valence-electron chi connectivity index (χ4n) is 2.67. The summed E-state index contributed by atoms with van der Waals surface area (Å²) in [6, 6.07) is 11.5. The second-order valence-electron chi connectivity index (χ2n) is 6.02. The Hall–Kier alpha value is -3.82. The average Bonchev–Trinajstić information content (AvgIpc) is 3.23. The van der Waals surface area contributed by atoms with Crippen molar-refractivity contribution < 1.29 is 27.4 Å². The Labute approximate surface area is 169 Å². The average molecular weight is 418 g/mol. The van der Waals surface area contributed by atoms with Gasteiger partial charge in [0.15, 0.2) is 11.5 Å². The molecule has 0 aliphatic heterocycles. The van der Waals surface area contributed by atoms with Crippen molar-refractivity contribution in [1.82, 2.24) is 15.6 Å². The molecule has 3 rings (SSSR count). The van der Waals surface area contributed by atoms with E-state index in [1.165, 1.54) is 38.5 Å². The van der Waals surface area contributed by atoms with Gasteiger partial charge in [-0.2, -0.15) is 23.4 Å². The molecule has 0 spiro atoms. The topological polar surface area (TPSA) is 88.6 Å². The van der Waals surface area contributed by atoms with Crippen LogP contribution in [0.4, 0.5) is 13.2 Å². The number of halogens is 3. The van der Waals surface area contributed by atoms with E-state index < -0.39 is 17.6 Å². The molecule has 7 nitrogen and oxygen atoms in total. The number of ether oxygens (including phenoxy) is 2. The molecule has 1 amide bonds. The fraction of sp³-hybridized carbons (Fsp3) is 0.150. The molecule has 1 heterocycles. The number of H-pyrrole nitrogens is 1. The van der Waals surface area contributed by atoms with Crippen LogP contribution >= 0.6 is 0 Å². The van der Waals surface area contributed by atoms with Crippen molar-refractivity contribution in [1.29, 1.82) is 0 Å². The number of alkyl halides is 3. The van der Waals surface area contributed by atoms with Crippen molar-refractivity contribution in [2.24, 2.45) is 5.10 Å². The maximum Gasteiger partial charge on any atom is 0.417 e. The summed E-state index contributed by atoms with van der Waals surface area (Å²) < 4.78 is 49.4. The third-order valence-corrected chi connectivity index (χ3v) is 4.14. The minimum absolute atomic E-state index is 0.0843. The summed E-state index contributed by atoms with van der Waals surface area (Å²) in [6.45, 7) is 0. The highest BCUT2D eigenvalue weighted by Gasteiger charge is 2.32. The lowest BCUT2D eigenvalue weighted by atomic mass is 10.1. The van der Waals surface area contributed by atoms with Crippen LogP contribution in [0.5, 0.6) is 11.5 Å². The molecule has 30 heavy (non-hydrogen) atoms. The first-order valence-corrected chi connectivity index (χ1v) is 8.61. The maximum atomic E-state index is 13.0. The molecule has 0 saturated carbocycles. The van der Waals surface area contributed by atoms with Gasteiger partial charge in [0.2, 0.25) is 0 Å². The molecular weight excluding hydrogens is 401 g/mol. The zero-order chi connectivity index (χ0) is 21.7. The van der Waals surface area contributed by atoms with E-state index in [1.54, 1.807) is 18.2 Å². The van der Waals surface area contributed by atoms with Gasteiger partial charge in [0, 0.05) is 11.1 Å². The Balaban J connectivity index is 1.73. The zero-order valence-corrected chi connectivity index (χ0v) is 15.9. The zero-order valence-electron chi connectivity index (χ0n) is 15.9. The minimum Gasteiger partial charge on any atom is -0.493 e. The summed E-state index contributed by atoms with van der Waals surface area (Å²) in [4.78, 5) is 12.2. The summed E-state index contributed by atoms with van der Waals surface area (Å²) in [5.74, 6) is 0.384. The summed E-state index contributed by atoms with van der Waals surface area (Å²) >= 11 is 0. The number of benzene rings is 2. The molecule has 0 aliphatic carbocycles. The van der Waals surface area contributed by atoms with Crippen LogP contribution in [0.2, 0.25) is 0 Å². The van der Waals surface area contributed by atoms with Crippen LogP contribution in [-0.2, 0) is 6.18 Å². The van der Waals surface area contributed by atoms with Crippen molar-refractivity contribution in [3.05, 3.63) is 65.4 Å². The molecule has 0 bridgehead atoms.